The Balaban J connectivity index is 2.89. The van der Waals surface area contributed by atoms with E-state index in [9.17, 15) is 9.90 Å². The lowest BCUT2D eigenvalue weighted by Crippen LogP contribution is -2.23. The van der Waals surface area contributed by atoms with E-state index in [1.165, 1.54) is 4.88 Å². The Labute approximate surface area is 119 Å². The van der Waals surface area contributed by atoms with Crippen molar-refractivity contribution in [1.29, 1.82) is 0 Å². The lowest BCUT2D eigenvalue weighted by molar-refractivity contribution is -0.152. The van der Waals surface area contributed by atoms with E-state index in [2.05, 4.69) is 20.8 Å². The fraction of sp³-hybridized carbons (Fsp3) is 0.667. The van der Waals surface area contributed by atoms with Crippen molar-refractivity contribution in [2.75, 3.05) is 6.61 Å². The molecule has 0 bridgehead atoms. The molecular formula is C15H24O3S. The van der Waals surface area contributed by atoms with Crippen molar-refractivity contribution in [3.8, 4) is 0 Å². The summed E-state index contributed by atoms with van der Waals surface area (Å²) >= 11 is 1.57. The molecule has 1 rings (SSSR count). The van der Waals surface area contributed by atoms with Crippen LogP contribution in [0.4, 0.5) is 0 Å². The van der Waals surface area contributed by atoms with Crippen LogP contribution >= 0.6 is 11.3 Å². The van der Waals surface area contributed by atoms with Crippen molar-refractivity contribution in [3.63, 3.8) is 0 Å². The molecule has 1 aromatic heterocycles. The zero-order valence-corrected chi connectivity index (χ0v) is 13.2. The van der Waals surface area contributed by atoms with E-state index >= 15 is 0 Å². The van der Waals surface area contributed by atoms with Crippen molar-refractivity contribution in [1.82, 2.24) is 0 Å². The molecule has 0 aliphatic rings. The van der Waals surface area contributed by atoms with E-state index < -0.39 is 12.0 Å². The Bertz CT molecular complexity index is 417. The molecule has 0 spiro atoms. The van der Waals surface area contributed by atoms with Crippen LogP contribution in [0.5, 0.6) is 0 Å². The van der Waals surface area contributed by atoms with Crippen molar-refractivity contribution < 1.29 is 14.6 Å². The van der Waals surface area contributed by atoms with Gasteiger partial charge in [0.2, 0.25) is 0 Å². The topological polar surface area (TPSA) is 46.5 Å². The van der Waals surface area contributed by atoms with Gasteiger partial charge in [-0.25, -0.2) is 0 Å². The van der Waals surface area contributed by atoms with Gasteiger partial charge in [-0.15, -0.1) is 11.3 Å². The fourth-order valence-electron chi connectivity index (χ4n) is 1.88. The summed E-state index contributed by atoms with van der Waals surface area (Å²) in [5.74, 6) is -0.797. The summed E-state index contributed by atoms with van der Waals surface area (Å²) in [6.45, 7) is 10.4. The van der Waals surface area contributed by atoms with Gasteiger partial charge in [-0.05, 0) is 30.9 Å². The van der Waals surface area contributed by atoms with Crippen LogP contribution < -0.4 is 0 Å². The first-order chi connectivity index (χ1) is 8.81. The highest BCUT2D eigenvalue weighted by Crippen LogP contribution is 2.35. The molecule has 0 aliphatic heterocycles. The maximum Gasteiger partial charge on any atom is 0.311 e. The largest absolute Gasteiger partial charge is 0.466 e. The van der Waals surface area contributed by atoms with Gasteiger partial charge in [-0.2, -0.15) is 0 Å². The lowest BCUT2D eigenvalue weighted by Gasteiger charge is -2.19. The van der Waals surface area contributed by atoms with Gasteiger partial charge in [0.1, 0.15) is 6.10 Å². The standard InChI is InChI=1S/C15H24O3S/c1-6-10(14(17)18-7-2)13(16)11-8-9-12(19-11)15(3,4)5/h8-10,13,16H,6-7H2,1-5H3. The lowest BCUT2D eigenvalue weighted by atomic mass is 9.94. The van der Waals surface area contributed by atoms with Gasteiger partial charge in [-0.1, -0.05) is 27.7 Å². The number of ether oxygens (including phenoxy) is 1. The minimum atomic E-state index is -0.773. The third kappa shape index (κ3) is 4.05. The third-order valence-electron chi connectivity index (χ3n) is 3.07. The summed E-state index contributed by atoms with van der Waals surface area (Å²) in [6.07, 6.45) is -0.201. The number of esters is 1. The first kappa shape index (κ1) is 16.2. The van der Waals surface area contributed by atoms with Gasteiger partial charge < -0.3 is 9.84 Å². The van der Waals surface area contributed by atoms with Gasteiger partial charge in [-0.3, -0.25) is 4.79 Å². The van der Waals surface area contributed by atoms with Crippen LogP contribution in [0.3, 0.4) is 0 Å². The van der Waals surface area contributed by atoms with Crippen molar-refractivity contribution in [3.05, 3.63) is 21.9 Å². The number of thiophene rings is 1. The SMILES string of the molecule is CCOC(=O)C(CC)C(O)c1ccc(C(C)(C)C)s1. The predicted octanol–water partition coefficient (Wildman–Crippen LogP) is 3.67. The molecular weight excluding hydrogens is 260 g/mol. The summed E-state index contributed by atoms with van der Waals surface area (Å²) in [6, 6.07) is 3.94. The minimum absolute atomic E-state index is 0.0638. The van der Waals surface area contributed by atoms with Crippen LogP contribution in [0.2, 0.25) is 0 Å². The van der Waals surface area contributed by atoms with Gasteiger partial charge in [0, 0.05) is 9.75 Å². The normalized spacial score (nSPS) is 15.1. The van der Waals surface area contributed by atoms with Crippen molar-refractivity contribution in [2.24, 2.45) is 5.92 Å². The quantitative estimate of drug-likeness (QED) is 0.839. The van der Waals surface area contributed by atoms with E-state index in [0.29, 0.717) is 13.0 Å². The van der Waals surface area contributed by atoms with Gasteiger partial charge in [0.05, 0.1) is 12.5 Å². The minimum Gasteiger partial charge on any atom is -0.466 e. The molecule has 0 aromatic carbocycles. The smallest absolute Gasteiger partial charge is 0.311 e. The molecule has 2 unspecified atom stereocenters. The first-order valence-electron chi connectivity index (χ1n) is 6.76. The predicted molar refractivity (Wildman–Crippen MR) is 78.4 cm³/mol. The summed E-state index contributed by atoms with van der Waals surface area (Å²) in [5.41, 5.74) is 0.0638. The Morgan fingerprint density at radius 2 is 2.00 bits per heavy atom. The summed E-state index contributed by atoms with van der Waals surface area (Å²) < 4.78 is 5.02. The Morgan fingerprint density at radius 1 is 1.37 bits per heavy atom. The Hall–Kier alpha value is -0.870. The number of carbonyl (C=O) groups excluding carboxylic acids is 1. The first-order valence-corrected chi connectivity index (χ1v) is 7.57. The number of carbonyl (C=O) groups is 1. The zero-order chi connectivity index (χ0) is 14.6. The third-order valence-corrected chi connectivity index (χ3v) is 4.65. The number of aliphatic hydroxyl groups is 1. The molecule has 1 aromatic rings. The second-order valence-corrected chi connectivity index (χ2v) is 6.78. The molecule has 19 heavy (non-hydrogen) atoms. The summed E-state index contributed by atoms with van der Waals surface area (Å²) in [5, 5.41) is 10.4. The van der Waals surface area contributed by atoms with Crippen LogP contribution in [-0.2, 0) is 14.9 Å². The molecule has 108 valence electrons. The highest BCUT2D eigenvalue weighted by atomic mass is 32.1. The van der Waals surface area contributed by atoms with Crippen molar-refractivity contribution in [2.45, 2.75) is 52.6 Å². The molecule has 0 radical (unpaired) electrons. The monoisotopic (exact) mass is 284 g/mol. The number of hydrogen-bond donors (Lipinski definition) is 1. The highest BCUT2D eigenvalue weighted by Gasteiger charge is 2.29. The molecule has 3 nitrogen and oxygen atoms in total. The molecule has 1 heterocycles. The Kier molecular flexibility index (Phi) is 5.56. The maximum absolute atomic E-state index is 11.8. The maximum atomic E-state index is 11.8. The molecule has 0 fully saturated rings. The van der Waals surface area contributed by atoms with E-state index in [1.54, 1.807) is 18.3 Å². The molecule has 0 saturated heterocycles. The molecule has 2 atom stereocenters. The zero-order valence-electron chi connectivity index (χ0n) is 12.4. The molecule has 4 heteroatoms. The van der Waals surface area contributed by atoms with E-state index in [0.717, 1.165) is 4.88 Å². The molecule has 1 N–H and O–H groups in total. The molecule has 0 amide bonds. The fourth-order valence-corrected chi connectivity index (χ4v) is 3.00. The van der Waals surface area contributed by atoms with Crippen molar-refractivity contribution >= 4 is 17.3 Å². The summed E-state index contributed by atoms with van der Waals surface area (Å²) in [4.78, 5) is 13.9. The van der Waals surface area contributed by atoms with Gasteiger partial charge >= 0.3 is 5.97 Å². The van der Waals surface area contributed by atoms with Gasteiger partial charge in [0.15, 0.2) is 0 Å². The van der Waals surface area contributed by atoms with Crippen LogP contribution in [0, 0.1) is 5.92 Å². The molecule has 0 aliphatic carbocycles. The average Bonchev–Trinajstić information content (AvgIpc) is 2.78. The second-order valence-electron chi connectivity index (χ2n) is 5.66. The molecule has 0 saturated carbocycles. The number of rotatable bonds is 5. The van der Waals surface area contributed by atoms with Crippen LogP contribution in [0.15, 0.2) is 12.1 Å². The van der Waals surface area contributed by atoms with Crippen LogP contribution in [-0.4, -0.2) is 17.7 Å². The highest BCUT2D eigenvalue weighted by molar-refractivity contribution is 7.12. The number of aliphatic hydroxyl groups excluding tert-OH is 1. The van der Waals surface area contributed by atoms with Crippen LogP contribution in [0.1, 0.15) is 56.9 Å². The van der Waals surface area contributed by atoms with E-state index in [-0.39, 0.29) is 11.4 Å². The van der Waals surface area contributed by atoms with Gasteiger partial charge in [0.25, 0.3) is 0 Å². The number of hydrogen-bond acceptors (Lipinski definition) is 4. The second kappa shape index (κ2) is 6.53. The van der Waals surface area contributed by atoms with E-state index in [4.69, 9.17) is 4.74 Å². The Morgan fingerprint density at radius 3 is 2.42 bits per heavy atom. The average molecular weight is 284 g/mol. The van der Waals surface area contributed by atoms with Crippen LogP contribution in [0.25, 0.3) is 0 Å². The van der Waals surface area contributed by atoms with E-state index in [1.807, 2.05) is 19.1 Å². The summed E-state index contributed by atoms with van der Waals surface area (Å²) in [7, 11) is 0.